The number of nitrogens with two attached hydrogens (primary N) is 1. The average Bonchev–Trinajstić information content (AvgIpc) is 2.44. The molecule has 0 aliphatic carbocycles. The summed E-state index contributed by atoms with van der Waals surface area (Å²) in [5.74, 6) is -4.91. The highest BCUT2D eigenvalue weighted by Gasteiger charge is 2.28. The summed E-state index contributed by atoms with van der Waals surface area (Å²) in [6.45, 7) is 1.28. The van der Waals surface area contributed by atoms with Crippen LogP contribution < -0.4 is 15.8 Å². The van der Waals surface area contributed by atoms with E-state index in [1.807, 2.05) is 0 Å². The number of methoxy groups -OCH3 is 1. The Bertz CT molecular complexity index is 590. The molecule has 116 valence electrons. The highest BCUT2D eigenvalue weighted by Crippen LogP contribution is 2.32. The summed E-state index contributed by atoms with van der Waals surface area (Å²) in [6, 6.07) is -1.43. The summed E-state index contributed by atoms with van der Waals surface area (Å²) in [5.41, 5.74) is 4.67. The quantitative estimate of drug-likeness (QED) is 0.739. The summed E-state index contributed by atoms with van der Waals surface area (Å²) >= 11 is 0. The fourth-order valence-electron chi connectivity index (χ4n) is 1.96. The molecular formula is C13H16F2N2O4. The van der Waals surface area contributed by atoms with E-state index >= 15 is 0 Å². The fraction of sp³-hybridized carbons (Fsp3) is 0.385. The van der Waals surface area contributed by atoms with Gasteiger partial charge in [-0.05, 0) is 6.92 Å². The van der Waals surface area contributed by atoms with Gasteiger partial charge >= 0.3 is 5.97 Å². The van der Waals surface area contributed by atoms with Crippen molar-refractivity contribution in [2.75, 3.05) is 14.2 Å². The molecular weight excluding hydrogens is 286 g/mol. The molecule has 1 amide bonds. The number of amides is 1. The Labute approximate surface area is 119 Å². The first-order valence-electron chi connectivity index (χ1n) is 6.01. The Hall–Kier alpha value is -2.22. The molecule has 0 saturated heterocycles. The van der Waals surface area contributed by atoms with Gasteiger partial charge in [0, 0.05) is 24.6 Å². The molecule has 21 heavy (non-hydrogen) atoms. The molecule has 0 radical (unpaired) electrons. The molecule has 0 heterocycles. The zero-order chi connectivity index (χ0) is 16.3. The number of rotatable bonds is 5. The number of carbonyl (C=O) groups is 2. The highest BCUT2D eigenvalue weighted by molar-refractivity contribution is 5.97. The number of hydrogen-bond donors (Lipinski definition) is 3. The number of carboxylic acids is 1. The summed E-state index contributed by atoms with van der Waals surface area (Å²) in [5, 5.41) is 11.1. The van der Waals surface area contributed by atoms with Crippen molar-refractivity contribution in [3.05, 3.63) is 28.3 Å². The maximum atomic E-state index is 14.3. The van der Waals surface area contributed by atoms with E-state index < -0.39 is 41.7 Å². The van der Waals surface area contributed by atoms with Gasteiger partial charge in [0.1, 0.15) is 6.04 Å². The first-order valence-corrected chi connectivity index (χ1v) is 6.01. The molecule has 1 unspecified atom stereocenters. The van der Waals surface area contributed by atoms with Gasteiger partial charge in [-0.3, -0.25) is 9.59 Å². The minimum Gasteiger partial charge on any atom is -0.491 e. The molecule has 0 spiro atoms. The van der Waals surface area contributed by atoms with Crippen molar-refractivity contribution in [2.45, 2.75) is 19.4 Å². The number of carboxylic acid groups (broad SMARTS) is 1. The molecule has 0 aromatic heterocycles. The second-order valence-corrected chi connectivity index (χ2v) is 4.37. The number of carbonyl (C=O) groups excluding carboxylic acids is 1. The van der Waals surface area contributed by atoms with E-state index in [-0.39, 0.29) is 16.7 Å². The van der Waals surface area contributed by atoms with Crippen LogP contribution in [-0.2, 0) is 11.2 Å². The number of hydrogen-bond acceptors (Lipinski definition) is 4. The number of benzene rings is 1. The topological polar surface area (TPSA) is 102 Å². The largest absolute Gasteiger partial charge is 0.491 e. The van der Waals surface area contributed by atoms with Crippen LogP contribution in [-0.4, -0.2) is 37.2 Å². The van der Waals surface area contributed by atoms with Crippen LogP contribution in [0, 0.1) is 18.6 Å². The lowest BCUT2D eigenvalue weighted by atomic mass is 9.94. The Morgan fingerprint density at radius 1 is 1.38 bits per heavy atom. The third-order valence-electron chi connectivity index (χ3n) is 3.07. The van der Waals surface area contributed by atoms with Crippen molar-refractivity contribution in [3.8, 4) is 5.75 Å². The summed E-state index contributed by atoms with van der Waals surface area (Å²) in [6.07, 6.45) is -0.471. The van der Waals surface area contributed by atoms with Crippen LogP contribution in [0.3, 0.4) is 0 Å². The molecule has 0 aliphatic heterocycles. The molecule has 1 rings (SSSR count). The van der Waals surface area contributed by atoms with E-state index in [0.717, 1.165) is 7.11 Å². The zero-order valence-electron chi connectivity index (χ0n) is 11.8. The third kappa shape index (κ3) is 3.10. The Morgan fingerprint density at radius 3 is 2.38 bits per heavy atom. The van der Waals surface area contributed by atoms with Crippen LogP contribution in [0.5, 0.6) is 5.75 Å². The smallest absolute Gasteiger partial charge is 0.320 e. The minimum atomic E-state index is -1.43. The van der Waals surface area contributed by atoms with Crippen molar-refractivity contribution < 1.29 is 28.2 Å². The molecule has 0 aliphatic rings. The number of aliphatic carboxylic acids is 1. The van der Waals surface area contributed by atoms with Crippen LogP contribution >= 0.6 is 0 Å². The van der Waals surface area contributed by atoms with Gasteiger partial charge in [-0.1, -0.05) is 0 Å². The van der Waals surface area contributed by atoms with E-state index in [1.165, 1.54) is 14.0 Å². The van der Waals surface area contributed by atoms with Gasteiger partial charge in [-0.15, -0.1) is 0 Å². The molecule has 1 aromatic rings. The lowest BCUT2D eigenvalue weighted by molar-refractivity contribution is -0.138. The van der Waals surface area contributed by atoms with Crippen molar-refractivity contribution in [2.24, 2.45) is 5.73 Å². The van der Waals surface area contributed by atoms with Crippen molar-refractivity contribution in [3.63, 3.8) is 0 Å². The Balaban J connectivity index is 3.60. The monoisotopic (exact) mass is 302 g/mol. The molecule has 6 nitrogen and oxygen atoms in total. The van der Waals surface area contributed by atoms with Crippen LogP contribution in [0.4, 0.5) is 8.78 Å². The predicted molar refractivity (Wildman–Crippen MR) is 70.4 cm³/mol. The predicted octanol–water partition coefficient (Wildman–Crippen LogP) is 0.596. The fourth-order valence-corrected chi connectivity index (χ4v) is 1.96. The molecule has 0 saturated carbocycles. The minimum absolute atomic E-state index is 0.139. The van der Waals surface area contributed by atoms with Gasteiger partial charge in [0.25, 0.3) is 5.91 Å². The van der Waals surface area contributed by atoms with Gasteiger partial charge in [0.15, 0.2) is 17.4 Å². The van der Waals surface area contributed by atoms with E-state index in [1.54, 1.807) is 0 Å². The van der Waals surface area contributed by atoms with Crippen LogP contribution in [0.2, 0.25) is 0 Å². The van der Waals surface area contributed by atoms with Crippen molar-refractivity contribution in [1.29, 1.82) is 0 Å². The molecule has 0 bridgehead atoms. The number of halogens is 2. The SMILES string of the molecule is CNC(=O)c1c(C)c(F)c(OC)c(F)c1CC(N)C(=O)O. The van der Waals surface area contributed by atoms with Crippen LogP contribution in [0.25, 0.3) is 0 Å². The Kier molecular flexibility index (Phi) is 5.20. The number of ether oxygens (including phenoxy) is 1. The summed E-state index contributed by atoms with van der Waals surface area (Å²) in [4.78, 5) is 22.7. The second kappa shape index (κ2) is 6.49. The zero-order valence-corrected chi connectivity index (χ0v) is 11.8. The normalized spacial score (nSPS) is 11.9. The van der Waals surface area contributed by atoms with E-state index in [9.17, 15) is 18.4 Å². The van der Waals surface area contributed by atoms with Gasteiger partial charge < -0.3 is 20.9 Å². The lowest BCUT2D eigenvalue weighted by Crippen LogP contribution is -2.34. The van der Waals surface area contributed by atoms with Crippen LogP contribution in [0.15, 0.2) is 0 Å². The molecule has 4 N–H and O–H groups in total. The number of nitrogens with one attached hydrogen (secondary N) is 1. The van der Waals surface area contributed by atoms with E-state index in [2.05, 4.69) is 10.1 Å². The highest BCUT2D eigenvalue weighted by atomic mass is 19.1. The van der Waals surface area contributed by atoms with Crippen LogP contribution in [0.1, 0.15) is 21.5 Å². The maximum absolute atomic E-state index is 14.3. The Morgan fingerprint density at radius 2 is 1.95 bits per heavy atom. The maximum Gasteiger partial charge on any atom is 0.320 e. The van der Waals surface area contributed by atoms with E-state index in [0.29, 0.717) is 0 Å². The standard InChI is InChI=1S/C13H16F2N2O4/c1-5-8(12(18)17-2)6(4-7(16)13(19)20)10(15)11(21-3)9(5)14/h7H,4,16H2,1-3H3,(H,17,18)(H,19,20). The van der Waals surface area contributed by atoms with E-state index in [4.69, 9.17) is 10.8 Å². The molecule has 0 fully saturated rings. The first-order chi connectivity index (χ1) is 9.76. The third-order valence-corrected chi connectivity index (χ3v) is 3.07. The molecule has 1 aromatic carbocycles. The first kappa shape index (κ1) is 16.8. The van der Waals surface area contributed by atoms with Crippen molar-refractivity contribution >= 4 is 11.9 Å². The van der Waals surface area contributed by atoms with Gasteiger partial charge in [-0.25, -0.2) is 8.78 Å². The molecule has 1 atom stereocenters. The summed E-state index contributed by atoms with van der Waals surface area (Å²) in [7, 11) is 2.37. The second-order valence-electron chi connectivity index (χ2n) is 4.37. The summed E-state index contributed by atoms with van der Waals surface area (Å²) < 4.78 is 32.9. The lowest BCUT2D eigenvalue weighted by Gasteiger charge is -2.18. The van der Waals surface area contributed by atoms with Gasteiger partial charge in [-0.2, -0.15) is 0 Å². The van der Waals surface area contributed by atoms with Gasteiger partial charge in [0.2, 0.25) is 0 Å². The van der Waals surface area contributed by atoms with Crippen molar-refractivity contribution in [1.82, 2.24) is 5.32 Å². The average molecular weight is 302 g/mol. The van der Waals surface area contributed by atoms with Gasteiger partial charge in [0.05, 0.1) is 12.7 Å². The molecule has 8 heteroatoms.